The molecule has 0 bridgehead atoms. The van der Waals surface area contributed by atoms with Crippen LogP contribution in [0.2, 0.25) is 0 Å². The molecule has 9 heteroatoms. The van der Waals surface area contributed by atoms with Crippen LogP contribution in [-0.4, -0.2) is 44.3 Å². The van der Waals surface area contributed by atoms with E-state index in [1.54, 1.807) is 30.0 Å². The Morgan fingerprint density at radius 2 is 1.93 bits per heavy atom. The van der Waals surface area contributed by atoms with Gasteiger partial charge in [0.1, 0.15) is 22.6 Å². The summed E-state index contributed by atoms with van der Waals surface area (Å²) in [4.78, 5) is 27.3. The van der Waals surface area contributed by atoms with Gasteiger partial charge in [0.2, 0.25) is 0 Å². The molecular formula is C20H21N3O5S. The van der Waals surface area contributed by atoms with Gasteiger partial charge in [-0.1, -0.05) is 0 Å². The molecule has 0 atom stereocenters. The van der Waals surface area contributed by atoms with E-state index < -0.39 is 0 Å². The number of amides is 2. The van der Waals surface area contributed by atoms with Gasteiger partial charge in [-0.25, -0.2) is 4.79 Å². The van der Waals surface area contributed by atoms with Crippen molar-refractivity contribution in [1.82, 2.24) is 4.90 Å². The predicted octanol–water partition coefficient (Wildman–Crippen LogP) is 3.40. The van der Waals surface area contributed by atoms with E-state index in [2.05, 4.69) is 11.4 Å². The summed E-state index contributed by atoms with van der Waals surface area (Å²) in [5.74, 6) is 0.607. The number of nitriles is 1. The highest BCUT2D eigenvalue weighted by molar-refractivity contribution is 7.16. The Kier molecular flexibility index (Phi) is 6.24. The highest BCUT2D eigenvalue weighted by atomic mass is 32.1. The number of hydrogen-bond acceptors (Lipinski definition) is 7. The molecule has 2 heterocycles. The minimum atomic E-state index is -0.376. The van der Waals surface area contributed by atoms with Gasteiger partial charge < -0.3 is 24.4 Å². The van der Waals surface area contributed by atoms with E-state index in [0.29, 0.717) is 53.7 Å². The lowest BCUT2D eigenvalue weighted by atomic mass is 10.0. The fourth-order valence-corrected chi connectivity index (χ4v) is 4.30. The maximum atomic E-state index is 12.8. The quantitative estimate of drug-likeness (QED) is 0.803. The fraction of sp³-hybridized carbons (Fsp3) is 0.350. The fourth-order valence-electron chi connectivity index (χ4n) is 3.09. The zero-order chi connectivity index (χ0) is 21.0. The van der Waals surface area contributed by atoms with Gasteiger partial charge in [0.05, 0.1) is 32.9 Å². The second-order valence-electron chi connectivity index (χ2n) is 6.25. The van der Waals surface area contributed by atoms with Crippen molar-refractivity contribution in [3.05, 3.63) is 39.8 Å². The third-order valence-corrected chi connectivity index (χ3v) is 5.67. The SMILES string of the molecule is CCOC(=O)N1CCc2c(sc(NC(=O)c3cc(OC)cc(OC)c3)c2C#N)C1. The summed E-state index contributed by atoms with van der Waals surface area (Å²) in [6, 6.07) is 7.05. The summed E-state index contributed by atoms with van der Waals surface area (Å²) >= 11 is 1.30. The molecule has 0 unspecified atom stereocenters. The molecule has 1 aliphatic rings. The second kappa shape index (κ2) is 8.84. The van der Waals surface area contributed by atoms with Crippen molar-refractivity contribution in [1.29, 1.82) is 5.26 Å². The second-order valence-corrected chi connectivity index (χ2v) is 7.35. The van der Waals surface area contributed by atoms with Gasteiger partial charge in [-0.15, -0.1) is 11.3 Å². The first-order valence-corrected chi connectivity index (χ1v) is 9.83. The zero-order valence-electron chi connectivity index (χ0n) is 16.4. The number of anilines is 1. The van der Waals surface area contributed by atoms with Crippen molar-refractivity contribution in [2.45, 2.75) is 19.9 Å². The maximum Gasteiger partial charge on any atom is 0.410 e. The highest BCUT2D eigenvalue weighted by Gasteiger charge is 2.28. The number of benzene rings is 1. The number of fused-ring (bicyclic) bond motifs is 1. The van der Waals surface area contributed by atoms with E-state index in [0.717, 1.165) is 10.4 Å². The Bertz CT molecular complexity index is 957. The molecule has 0 aliphatic carbocycles. The van der Waals surface area contributed by atoms with Gasteiger partial charge in [0.25, 0.3) is 5.91 Å². The average Bonchev–Trinajstić information content (AvgIpc) is 3.09. The lowest BCUT2D eigenvalue weighted by molar-refractivity contribution is 0.102. The number of thiophene rings is 1. The lowest BCUT2D eigenvalue weighted by Gasteiger charge is -2.25. The molecule has 0 saturated heterocycles. The van der Waals surface area contributed by atoms with Gasteiger partial charge in [-0.2, -0.15) is 5.26 Å². The van der Waals surface area contributed by atoms with E-state index in [-0.39, 0.29) is 12.0 Å². The van der Waals surface area contributed by atoms with Crippen molar-refractivity contribution >= 4 is 28.3 Å². The standard InChI is InChI=1S/C20H21N3O5S/c1-4-28-20(25)23-6-5-15-16(10-21)19(29-17(15)11-23)22-18(24)12-7-13(26-2)9-14(8-12)27-3/h7-9H,4-6,11H2,1-3H3,(H,22,24). The largest absolute Gasteiger partial charge is 0.497 e. The van der Waals surface area contributed by atoms with Crippen LogP contribution in [-0.2, 0) is 17.7 Å². The van der Waals surface area contributed by atoms with Crippen LogP contribution in [0.15, 0.2) is 18.2 Å². The van der Waals surface area contributed by atoms with Crippen molar-refractivity contribution in [2.24, 2.45) is 0 Å². The Hall–Kier alpha value is -3.25. The Balaban J connectivity index is 1.85. The molecule has 29 heavy (non-hydrogen) atoms. The number of nitrogens with zero attached hydrogens (tertiary/aromatic N) is 2. The van der Waals surface area contributed by atoms with E-state index in [9.17, 15) is 14.9 Å². The highest BCUT2D eigenvalue weighted by Crippen LogP contribution is 2.37. The van der Waals surface area contributed by atoms with Gasteiger partial charge in [-0.3, -0.25) is 4.79 Å². The van der Waals surface area contributed by atoms with Crippen LogP contribution in [0.3, 0.4) is 0 Å². The molecule has 0 saturated carbocycles. The third kappa shape index (κ3) is 4.27. The van der Waals surface area contributed by atoms with E-state index >= 15 is 0 Å². The predicted molar refractivity (Wildman–Crippen MR) is 108 cm³/mol. The van der Waals surface area contributed by atoms with Gasteiger partial charge in [-0.05, 0) is 31.0 Å². The molecule has 1 aromatic heterocycles. The molecule has 3 rings (SSSR count). The number of rotatable bonds is 5. The van der Waals surface area contributed by atoms with Crippen LogP contribution in [0.5, 0.6) is 11.5 Å². The Morgan fingerprint density at radius 1 is 1.24 bits per heavy atom. The first-order valence-electron chi connectivity index (χ1n) is 9.01. The van der Waals surface area contributed by atoms with Crippen molar-refractivity contribution in [3.8, 4) is 17.6 Å². The third-order valence-electron chi connectivity index (χ3n) is 4.54. The minimum Gasteiger partial charge on any atom is -0.497 e. The number of ether oxygens (including phenoxy) is 3. The molecule has 8 nitrogen and oxygen atoms in total. The molecule has 0 fully saturated rings. The van der Waals surface area contributed by atoms with E-state index in [1.807, 2.05) is 0 Å². The van der Waals surface area contributed by atoms with Crippen LogP contribution in [0.4, 0.5) is 9.80 Å². The minimum absolute atomic E-state index is 0.307. The smallest absolute Gasteiger partial charge is 0.410 e. The number of carbonyl (C=O) groups is 2. The molecular weight excluding hydrogens is 394 g/mol. The molecule has 2 aromatic rings. The monoisotopic (exact) mass is 415 g/mol. The van der Waals surface area contributed by atoms with Crippen LogP contribution >= 0.6 is 11.3 Å². The van der Waals surface area contributed by atoms with E-state index in [4.69, 9.17) is 14.2 Å². The van der Waals surface area contributed by atoms with Crippen LogP contribution in [0.1, 0.15) is 33.3 Å². The maximum absolute atomic E-state index is 12.8. The molecule has 2 amide bonds. The number of methoxy groups -OCH3 is 2. The molecule has 1 N–H and O–H groups in total. The van der Waals surface area contributed by atoms with Crippen LogP contribution in [0.25, 0.3) is 0 Å². The number of carbonyl (C=O) groups excluding carboxylic acids is 2. The molecule has 0 spiro atoms. The van der Waals surface area contributed by atoms with Crippen LogP contribution in [0, 0.1) is 11.3 Å². The van der Waals surface area contributed by atoms with Crippen LogP contribution < -0.4 is 14.8 Å². The summed E-state index contributed by atoms with van der Waals surface area (Å²) in [7, 11) is 3.01. The Labute approximate surface area is 172 Å². The summed E-state index contributed by atoms with van der Waals surface area (Å²) in [6.45, 7) is 2.89. The summed E-state index contributed by atoms with van der Waals surface area (Å²) < 4.78 is 15.5. The summed E-state index contributed by atoms with van der Waals surface area (Å²) in [6.07, 6.45) is 0.162. The number of hydrogen-bond donors (Lipinski definition) is 1. The molecule has 152 valence electrons. The lowest BCUT2D eigenvalue weighted by Crippen LogP contribution is -2.35. The van der Waals surface area contributed by atoms with Crippen molar-refractivity contribution in [2.75, 3.05) is 32.7 Å². The van der Waals surface area contributed by atoms with Crippen molar-refractivity contribution in [3.63, 3.8) is 0 Å². The van der Waals surface area contributed by atoms with Gasteiger partial charge >= 0.3 is 6.09 Å². The Morgan fingerprint density at radius 3 is 2.52 bits per heavy atom. The zero-order valence-corrected chi connectivity index (χ0v) is 17.2. The summed E-state index contributed by atoms with van der Waals surface area (Å²) in [5, 5.41) is 12.9. The van der Waals surface area contributed by atoms with E-state index in [1.165, 1.54) is 25.6 Å². The van der Waals surface area contributed by atoms with Gasteiger partial charge in [0, 0.05) is 23.1 Å². The summed E-state index contributed by atoms with van der Waals surface area (Å²) in [5.41, 5.74) is 1.66. The average molecular weight is 415 g/mol. The topological polar surface area (TPSA) is 101 Å². The first-order chi connectivity index (χ1) is 14.0. The molecule has 0 radical (unpaired) electrons. The molecule has 1 aliphatic heterocycles. The van der Waals surface area contributed by atoms with Gasteiger partial charge in [0.15, 0.2) is 0 Å². The number of nitrogens with one attached hydrogen (secondary N) is 1. The molecule has 1 aromatic carbocycles. The normalized spacial score (nSPS) is 12.6. The first kappa shape index (κ1) is 20.5. The van der Waals surface area contributed by atoms with Crippen molar-refractivity contribution < 1.29 is 23.8 Å².